The first-order chi connectivity index (χ1) is 13.2. The van der Waals surface area contributed by atoms with Crippen molar-refractivity contribution in [3.8, 4) is 0 Å². The van der Waals surface area contributed by atoms with Crippen molar-refractivity contribution in [1.29, 1.82) is 0 Å². The highest BCUT2D eigenvalue weighted by atomic mass is 32.2. The Morgan fingerprint density at radius 3 is 2.50 bits per heavy atom. The molecule has 2 saturated heterocycles. The quantitative estimate of drug-likeness (QED) is 0.573. The van der Waals surface area contributed by atoms with Crippen LogP contribution in [0.1, 0.15) is 19.4 Å². The van der Waals surface area contributed by atoms with E-state index >= 15 is 0 Å². The van der Waals surface area contributed by atoms with Crippen molar-refractivity contribution >= 4 is 21.6 Å². The first-order valence-corrected chi connectivity index (χ1v) is 11.4. The molecule has 8 nitrogen and oxygen atoms in total. The van der Waals surface area contributed by atoms with E-state index in [2.05, 4.69) is 44.3 Å². The fraction of sp³-hybridized carbons (Fsp3) is 0.684. The number of piperazine rings is 1. The average Bonchev–Trinajstić information content (AvgIpc) is 2.66. The maximum Gasteiger partial charge on any atom is 0.193 e. The Morgan fingerprint density at radius 2 is 1.93 bits per heavy atom. The zero-order valence-corrected chi connectivity index (χ0v) is 18.2. The summed E-state index contributed by atoms with van der Waals surface area (Å²) in [6.45, 7) is 9.19. The van der Waals surface area contributed by atoms with E-state index in [0.717, 1.165) is 43.5 Å². The summed E-state index contributed by atoms with van der Waals surface area (Å²) in [5.74, 6) is 1.90. The predicted octanol–water partition coefficient (Wildman–Crippen LogP) is 0.418. The van der Waals surface area contributed by atoms with Crippen LogP contribution < -0.4 is 10.2 Å². The molecule has 0 spiro atoms. The van der Waals surface area contributed by atoms with E-state index < -0.39 is 14.6 Å². The molecule has 3 rings (SSSR count). The maximum absolute atomic E-state index is 12.2. The molecule has 1 N–H and O–H groups in total. The van der Waals surface area contributed by atoms with E-state index in [1.54, 1.807) is 20.9 Å². The smallest absolute Gasteiger partial charge is 0.193 e. The number of hydrogen-bond donors (Lipinski definition) is 1. The zero-order chi connectivity index (χ0) is 20.4. The Hall–Kier alpha value is -1.87. The molecular formula is C19H32N6O2S. The molecular weight excluding hydrogens is 376 g/mol. The summed E-state index contributed by atoms with van der Waals surface area (Å²) in [4.78, 5) is 15.6. The van der Waals surface area contributed by atoms with Gasteiger partial charge in [-0.1, -0.05) is 6.07 Å². The lowest BCUT2D eigenvalue weighted by atomic mass is 10.2. The Kier molecular flexibility index (Phi) is 6.14. The van der Waals surface area contributed by atoms with Gasteiger partial charge in [0.15, 0.2) is 15.8 Å². The van der Waals surface area contributed by atoms with Crippen molar-refractivity contribution in [1.82, 2.24) is 20.1 Å². The normalized spacial score (nSPS) is 22.9. The van der Waals surface area contributed by atoms with E-state index in [0.29, 0.717) is 19.6 Å². The van der Waals surface area contributed by atoms with Crippen LogP contribution >= 0.6 is 0 Å². The van der Waals surface area contributed by atoms with Gasteiger partial charge in [-0.3, -0.25) is 4.99 Å². The molecule has 0 unspecified atom stereocenters. The third-order valence-electron chi connectivity index (χ3n) is 5.64. The molecule has 1 aromatic rings. The average molecular weight is 409 g/mol. The molecule has 2 aliphatic heterocycles. The van der Waals surface area contributed by atoms with Crippen molar-refractivity contribution < 1.29 is 8.42 Å². The third kappa shape index (κ3) is 4.57. The predicted molar refractivity (Wildman–Crippen MR) is 114 cm³/mol. The van der Waals surface area contributed by atoms with Gasteiger partial charge in [0, 0.05) is 59.1 Å². The van der Waals surface area contributed by atoms with Gasteiger partial charge in [0.1, 0.15) is 5.82 Å². The Morgan fingerprint density at radius 1 is 1.21 bits per heavy atom. The molecule has 0 saturated carbocycles. The first-order valence-electron chi connectivity index (χ1n) is 9.78. The second kappa shape index (κ2) is 8.24. The highest BCUT2D eigenvalue weighted by Gasteiger charge is 2.40. The largest absolute Gasteiger partial charge is 0.354 e. The van der Waals surface area contributed by atoms with Gasteiger partial charge in [-0.2, -0.15) is 0 Å². The Labute approximate surface area is 168 Å². The van der Waals surface area contributed by atoms with E-state index in [1.807, 2.05) is 11.1 Å². The SMILES string of the molecule is CN=C(NCc1ccc(N2CCN(C)CC2)nc1)N1CCS(=O)(=O)C(C)(C)C1. The van der Waals surface area contributed by atoms with Crippen LogP contribution in [0.3, 0.4) is 0 Å². The number of aliphatic imine (C=N–C) groups is 1. The molecule has 0 bridgehead atoms. The van der Waals surface area contributed by atoms with Crippen LogP contribution in [0, 0.1) is 0 Å². The number of nitrogens with one attached hydrogen (secondary N) is 1. The number of guanidine groups is 1. The molecule has 0 atom stereocenters. The highest BCUT2D eigenvalue weighted by Crippen LogP contribution is 2.23. The summed E-state index contributed by atoms with van der Waals surface area (Å²) >= 11 is 0. The molecule has 0 aliphatic carbocycles. The second-order valence-corrected chi connectivity index (χ2v) is 11.0. The molecule has 28 heavy (non-hydrogen) atoms. The molecule has 3 heterocycles. The van der Waals surface area contributed by atoms with Gasteiger partial charge in [0.2, 0.25) is 0 Å². The van der Waals surface area contributed by atoms with Crippen molar-refractivity contribution in [3.63, 3.8) is 0 Å². The van der Waals surface area contributed by atoms with E-state index in [-0.39, 0.29) is 5.75 Å². The van der Waals surface area contributed by atoms with Gasteiger partial charge in [-0.15, -0.1) is 0 Å². The van der Waals surface area contributed by atoms with Crippen LogP contribution in [-0.2, 0) is 16.4 Å². The number of hydrogen-bond acceptors (Lipinski definition) is 6. The minimum absolute atomic E-state index is 0.155. The van der Waals surface area contributed by atoms with Gasteiger partial charge in [0.05, 0.1) is 10.5 Å². The van der Waals surface area contributed by atoms with Gasteiger partial charge < -0.3 is 20.0 Å². The van der Waals surface area contributed by atoms with E-state index in [9.17, 15) is 8.42 Å². The molecule has 1 aromatic heterocycles. The van der Waals surface area contributed by atoms with Crippen LogP contribution in [0.4, 0.5) is 5.82 Å². The Bertz CT molecular complexity index is 798. The minimum atomic E-state index is -3.06. The number of anilines is 1. The topological polar surface area (TPSA) is 81.1 Å². The fourth-order valence-corrected chi connectivity index (χ4v) is 4.95. The molecule has 0 amide bonds. The van der Waals surface area contributed by atoms with E-state index in [1.165, 1.54) is 0 Å². The zero-order valence-electron chi connectivity index (χ0n) is 17.3. The number of pyridine rings is 1. The molecule has 9 heteroatoms. The minimum Gasteiger partial charge on any atom is -0.354 e. The highest BCUT2D eigenvalue weighted by molar-refractivity contribution is 7.92. The standard InChI is InChI=1S/C19H32N6O2S/c1-19(2)15-25(11-12-28(19,26)27)18(20-3)22-14-16-5-6-17(21-13-16)24-9-7-23(4)8-10-24/h5-6,13H,7-12,14-15H2,1-4H3,(H,20,22). The third-order valence-corrected chi connectivity index (χ3v) is 8.17. The second-order valence-electron chi connectivity index (χ2n) is 8.22. The van der Waals surface area contributed by atoms with Crippen molar-refractivity contribution in [3.05, 3.63) is 23.9 Å². The van der Waals surface area contributed by atoms with Crippen molar-refractivity contribution in [2.24, 2.45) is 4.99 Å². The van der Waals surface area contributed by atoms with Crippen molar-refractivity contribution in [2.45, 2.75) is 25.1 Å². The monoisotopic (exact) mass is 408 g/mol. The summed E-state index contributed by atoms with van der Waals surface area (Å²) < 4.78 is 23.7. The van der Waals surface area contributed by atoms with Crippen LogP contribution in [0.2, 0.25) is 0 Å². The van der Waals surface area contributed by atoms with Gasteiger partial charge >= 0.3 is 0 Å². The van der Waals surface area contributed by atoms with Crippen LogP contribution in [0.5, 0.6) is 0 Å². The van der Waals surface area contributed by atoms with Gasteiger partial charge in [0.25, 0.3) is 0 Å². The number of aromatic nitrogens is 1. The lowest BCUT2D eigenvalue weighted by molar-refractivity contribution is 0.312. The summed E-state index contributed by atoms with van der Waals surface area (Å²) in [7, 11) is 0.810. The van der Waals surface area contributed by atoms with Gasteiger partial charge in [-0.25, -0.2) is 13.4 Å². The van der Waals surface area contributed by atoms with Crippen molar-refractivity contribution in [2.75, 3.05) is 64.0 Å². The summed E-state index contributed by atoms with van der Waals surface area (Å²) in [6.07, 6.45) is 1.90. The molecule has 0 radical (unpaired) electrons. The molecule has 156 valence electrons. The molecule has 0 aromatic carbocycles. The summed E-state index contributed by atoms with van der Waals surface area (Å²) in [6, 6.07) is 4.16. The Balaban J connectivity index is 1.57. The van der Waals surface area contributed by atoms with Gasteiger partial charge in [-0.05, 0) is 32.5 Å². The molecule has 2 aliphatic rings. The fourth-order valence-electron chi connectivity index (χ4n) is 3.58. The maximum atomic E-state index is 12.2. The number of nitrogens with zero attached hydrogens (tertiary/aromatic N) is 5. The first kappa shape index (κ1) is 20.9. The van der Waals surface area contributed by atoms with E-state index in [4.69, 9.17) is 0 Å². The summed E-state index contributed by atoms with van der Waals surface area (Å²) in [5, 5.41) is 3.35. The molecule has 2 fully saturated rings. The number of sulfone groups is 1. The van der Waals surface area contributed by atoms with Crippen LogP contribution in [-0.4, -0.2) is 93.0 Å². The lowest BCUT2D eigenvalue weighted by Gasteiger charge is -2.39. The van der Waals surface area contributed by atoms with Crippen LogP contribution in [0.25, 0.3) is 0 Å². The lowest BCUT2D eigenvalue weighted by Crippen LogP contribution is -2.57. The van der Waals surface area contributed by atoms with Crippen LogP contribution in [0.15, 0.2) is 23.3 Å². The number of rotatable bonds is 3. The summed E-state index contributed by atoms with van der Waals surface area (Å²) in [5.41, 5.74) is 1.07. The number of likely N-dealkylation sites (N-methyl/N-ethyl adjacent to an activating group) is 1.